The minimum absolute atomic E-state index is 0.198. The van der Waals surface area contributed by atoms with Crippen LogP contribution in [-0.2, 0) is 6.54 Å². The molecule has 0 aliphatic heterocycles. The standard InChI is InChI=1S/C17H20BrNO2/c1-12(2)21-15-7-4-13(5-8-15)11-19-14-6-9-16(18)17(10-14)20-3/h4-10,12,19H,11H2,1-3H3. The lowest BCUT2D eigenvalue weighted by Crippen LogP contribution is -2.05. The van der Waals surface area contributed by atoms with Gasteiger partial charge in [-0.2, -0.15) is 0 Å². The largest absolute Gasteiger partial charge is 0.495 e. The minimum Gasteiger partial charge on any atom is -0.495 e. The first kappa shape index (κ1) is 15.7. The van der Waals surface area contributed by atoms with Crippen molar-refractivity contribution >= 4 is 21.6 Å². The van der Waals surface area contributed by atoms with E-state index in [-0.39, 0.29) is 6.10 Å². The maximum atomic E-state index is 5.63. The van der Waals surface area contributed by atoms with E-state index in [1.165, 1.54) is 5.56 Å². The van der Waals surface area contributed by atoms with Gasteiger partial charge in [-0.05, 0) is 59.6 Å². The van der Waals surface area contributed by atoms with Gasteiger partial charge in [-0.3, -0.25) is 0 Å². The van der Waals surface area contributed by atoms with E-state index >= 15 is 0 Å². The molecular weight excluding hydrogens is 330 g/mol. The molecule has 0 saturated carbocycles. The first-order chi connectivity index (χ1) is 10.1. The summed E-state index contributed by atoms with van der Waals surface area (Å²) in [6, 6.07) is 14.1. The maximum Gasteiger partial charge on any atom is 0.135 e. The fourth-order valence-corrected chi connectivity index (χ4v) is 2.34. The molecule has 0 heterocycles. The molecule has 0 amide bonds. The quantitative estimate of drug-likeness (QED) is 0.807. The molecule has 0 fully saturated rings. The summed E-state index contributed by atoms with van der Waals surface area (Å²) in [6.07, 6.45) is 0.198. The van der Waals surface area contributed by atoms with Gasteiger partial charge in [-0.25, -0.2) is 0 Å². The summed E-state index contributed by atoms with van der Waals surface area (Å²) < 4.78 is 11.9. The van der Waals surface area contributed by atoms with E-state index in [0.29, 0.717) is 0 Å². The van der Waals surface area contributed by atoms with Crippen molar-refractivity contribution in [3.63, 3.8) is 0 Å². The monoisotopic (exact) mass is 349 g/mol. The Balaban J connectivity index is 1.96. The Labute approximate surface area is 134 Å². The predicted molar refractivity (Wildman–Crippen MR) is 90.2 cm³/mol. The van der Waals surface area contributed by atoms with Crippen molar-refractivity contribution in [3.05, 3.63) is 52.5 Å². The van der Waals surface area contributed by atoms with Crippen LogP contribution in [0.5, 0.6) is 11.5 Å². The third-order valence-electron chi connectivity index (χ3n) is 2.94. The molecule has 0 aliphatic rings. The molecule has 4 heteroatoms. The van der Waals surface area contributed by atoms with Crippen molar-refractivity contribution in [3.8, 4) is 11.5 Å². The number of halogens is 1. The number of anilines is 1. The topological polar surface area (TPSA) is 30.5 Å². The van der Waals surface area contributed by atoms with E-state index in [2.05, 4.69) is 33.4 Å². The first-order valence-corrected chi connectivity index (χ1v) is 7.71. The molecule has 0 bridgehead atoms. The Bertz CT molecular complexity index is 582. The molecule has 0 radical (unpaired) electrons. The molecule has 0 aliphatic carbocycles. The van der Waals surface area contributed by atoms with E-state index in [1.807, 2.05) is 44.2 Å². The smallest absolute Gasteiger partial charge is 0.135 e. The number of nitrogens with one attached hydrogen (secondary N) is 1. The molecule has 21 heavy (non-hydrogen) atoms. The Morgan fingerprint density at radius 2 is 1.81 bits per heavy atom. The predicted octanol–water partition coefficient (Wildman–Crippen LogP) is 4.86. The second-order valence-electron chi connectivity index (χ2n) is 5.01. The average molecular weight is 350 g/mol. The lowest BCUT2D eigenvalue weighted by Gasteiger charge is -2.11. The summed E-state index contributed by atoms with van der Waals surface area (Å²) in [5.41, 5.74) is 2.23. The normalized spacial score (nSPS) is 10.5. The number of hydrogen-bond acceptors (Lipinski definition) is 3. The highest BCUT2D eigenvalue weighted by Gasteiger charge is 2.02. The van der Waals surface area contributed by atoms with Gasteiger partial charge in [0.1, 0.15) is 11.5 Å². The van der Waals surface area contributed by atoms with Crippen LogP contribution in [0.3, 0.4) is 0 Å². The third-order valence-corrected chi connectivity index (χ3v) is 3.60. The molecule has 0 unspecified atom stereocenters. The molecule has 0 saturated heterocycles. The van der Waals surface area contributed by atoms with Gasteiger partial charge in [-0.15, -0.1) is 0 Å². The number of benzene rings is 2. The fourth-order valence-electron chi connectivity index (χ4n) is 1.93. The van der Waals surface area contributed by atoms with Crippen LogP contribution >= 0.6 is 15.9 Å². The molecule has 0 aromatic heterocycles. The zero-order chi connectivity index (χ0) is 15.2. The second-order valence-corrected chi connectivity index (χ2v) is 5.87. The van der Waals surface area contributed by atoms with Crippen molar-refractivity contribution in [2.24, 2.45) is 0 Å². The van der Waals surface area contributed by atoms with Crippen LogP contribution in [0.25, 0.3) is 0 Å². The zero-order valence-electron chi connectivity index (χ0n) is 12.5. The first-order valence-electron chi connectivity index (χ1n) is 6.91. The Morgan fingerprint density at radius 1 is 1.10 bits per heavy atom. The van der Waals surface area contributed by atoms with Crippen LogP contribution in [0.15, 0.2) is 46.9 Å². The summed E-state index contributed by atoms with van der Waals surface area (Å²) in [5, 5.41) is 3.38. The zero-order valence-corrected chi connectivity index (χ0v) is 14.1. The van der Waals surface area contributed by atoms with E-state index in [1.54, 1.807) is 7.11 Å². The SMILES string of the molecule is COc1cc(NCc2ccc(OC(C)C)cc2)ccc1Br. The highest BCUT2D eigenvalue weighted by atomic mass is 79.9. The number of hydrogen-bond donors (Lipinski definition) is 1. The van der Waals surface area contributed by atoms with E-state index in [9.17, 15) is 0 Å². The van der Waals surface area contributed by atoms with Gasteiger partial charge < -0.3 is 14.8 Å². The van der Waals surface area contributed by atoms with E-state index < -0.39 is 0 Å². The van der Waals surface area contributed by atoms with Gasteiger partial charge in [0.25, 0.3) is 0 Å². The molecular formula is C17H20BrNO2. The van der Waals surface area contributed by atoms with Crippen molar-refractivity contribution in [1.29, 1.82) is 0 Å². The third kappa shape index (κ3) is 4.67. The molecule has 0 atom stereocenters. The lowest BCUT2D eigenvalue weighted by molar-refractivity contribution is 0.242. The lowest BCUT2D eigenvalue weighted by atomic mass is 10.2. The summed E-state index contributed by atoms with van der Waals surface area (Å²) in [5.74, 6) is 1.72. The molecule has 1 N–H and O–H groups in total. The molecule has 0 spiro atoms. The summed E-state index contributed by atoms with van der Waals surface area (Å²) in [6.45, 7) is 4.81. The molecule has 112 valence electrons. The highest BCUT2D eigenvalue weighted by molar-refractivity contribution is 9.10. The highest BCUT2D eigenvalue weighted by Crippen LogP contribution is 2.28. The van der Waals surface area contributed by atoms with Crippen LogP contribution in [0, 0.1) is 0 Å². The van der Waals surface area contributed by atoms with Crippen LogP contribution in [0.2, 0.25) is 0 Å². The van der Waals surface area contributed by atoms with Crippen molar-refractivity contribution < 1.29 is 9.47 Å². The Hall–Kier alpha value is -1.68. The van der Waals surface area contributed by atoms with Crippen LogP contribution < -0.4 is 14.8 Å². The van der Waals surface area contributed by atoms with Crippen molar-refractivity contribution in [2.45, 2.75) is 26.5 Å². The van der Waals surface area contributed by atoms with Gasteiger partial charge in [0.15, 0.2) is 0 Å². The molecule has 2 aromatic rings. The van der Waals surface area contributed by atoms with Gasteiger partial charge >= 0.3 is 0 Å². The number of methoxy groups -OCH3 is 1. The molecule has 2 rings (SSSR count). The van der Waals surface area contributed by atoms with Crippen LogP contribution in [0.1, 0.15) is 19.4 Å². The average Bonchev–Trinajstić information content (AvgIpc) is 2.47. The van der Waals surface area contributed by atoms with Gasteiger partial charge in [0.2, 0.25) is 0 Å². The van der Waals surface area contributed by atoms with Crippen LogP contribution in [0.4, 0.5) is 5.69 Å². The number of rotatable bonds is 6. The van der Waals surface area contributed by atoms with Gasteiger partial charge in [-0.1, -0.05) is 12.1 Å². The number of ether oxygens (including phenoxy) is 2. The fraction of sp³-hybridized carbons (Fsp3) is 0.294. The summed E-state index contributed by atoms with van der Waals surface area (Å²) >= 11 is 3.45. The van der Waals surface area contributed by atoms with Crippen molar-refractivity contribution in [1.82, 2.24) is 0 Å². The second kappa shape index (κ2) is 7.36. The maximum absolute atomic E-state index is 5.63. The van der Waals surface area contributed by atoms with E-state index in [0.717, 1.165) is 28.2 Å². The van der Waals surface area contributed by atoms with Gasteiger partial charge in [0.05, 0.1) is 17.7 Å². The van der Waals surface area contributed by atoms with Crippen molar-refractivity contribution in [2.75, 3.05) is 12.4 Å². The Morgan fingerprint density at radius 3 is 2.43 bits per heavy atom. The minimum atomic E-state index is 0.198. The Kier molecular flexibility index (Phi) is 5.51. The van der Waals surface area contributed by atoms with E-state index in [4.69, 9.17) is 9.47 Å². The molecule has 2 aromatic carbocycles. The van der Waals surface area contributed by atoms with Crippen LogP contribution in [-0.4, -0.2) is 13.2 Å². The van der Waals surface area contributed by atoms with Gasteiger partial charge in [0, 0.05) is 18.3 Å². The molecule has 3 nitrogen and oxygen atoms in total. The summed E-state index contributed by atoms with van der Waals surface area (Å²) in [7, 11) is 1.66. The summed E-state index contributed by atoms with van der Waals surface area (Å²) in [4.78, 5) is 0.